The number of halogens is 1. The van der Waals surface area contributed by atoms with Crippen molar-refractivity contribution in [2.24, 2.45) is 0 Å². The molecule has 12 nitrogen and oxygen atoms in total. The molecule has 40 heavy (non-hydrogen) atoms. The number of nitriles is 1. The topological polar surface area (TPSA) is 168 Å². The summed E-state index contributed by atoms with van der Waals surface area (Å²) in [7, 11) is 0. The quantitative estimate of drug-likeness (QED) is 0.289. The molecule has 0 aliphatic carbocycles. The van der Waals surface area contributed by atoms with E-state index in [9.17, 15) is 19.7 Å². The molecule has 0 radical (unpaired) electrons. The van der Waals surface area contributed by atoms with Gasteiger partial charge in [-0.25, -0.2) is 23.7 Å². The molecule has 1 fully saturated rings. The van der Waals surface area contributed by atoms with Gasteiger partial charge in [0.1, 0.15) is 54.4 Å². The minimum absolute atomic E-state index is 0.0914. The van der Waals surface area contributed by atoms with Crippen LogP contribution in [-0.4, -0.2) is 75.0 Å². The number of rotatable bonds is 5. The fraction of sp³-hybridized carbons (Fsp3) is 0.308. The van der Waals surface area contributed by atoms with Crippen LogP contribution in [0, 0.1) is 31.0 Å². The van der Waals surface area contributed by atoms with Gasteiger partial charge in [-0.05, 0) is 49.7 Å². The Kier molecular flexibility index (Phi) is 6.61. The Morgan fingerprint density at radius 1 is 1.18 bits per heavy atom. The maximum atomic E-state index is 14.4. The first kappa shape index (κ1) is 26.1. The summed E-state index contributed by atoms with van der Waals surface area (Å²) in [6.45, 7) is 3.09. The highest BCUT2D eigenvalue weighted by Gasteiger charge is 2.48. The van der Waals surface area contributed by atoms with Crippen LogP contribution < -0.4 is 0 Å². The number of aliphatic hydroxyl groups excluding tert-OH is 3. The second-order valence-corrected chi connectivity index (χ2v) is 10.7. The summed E-state index contributed by atoms with van der Waals surface area (Å²) in [4.78, 5) is 8.82. The zero-order valence-corrected chi connectivity index (χ0v) is 22.1. The van der Waals surface area contributed by atoms with E-state index >= 15 is 0 Å². The number of thiazole rings is 1. The van der Waals surface area contributed by atoms with E-state index in [-0.39, 0.29) is 17.1 Å². The number of aryl methyl sites for hydroxylation is 2. The lowest BCUT2D eigenvalue weighted by Gasteiger charge is -2.41. The first-order chi connectivity index (χ1) is 19.3. The molecule has 14 heteroatoms. The first-order valence-corrected chi connectivity index (χ1v) is 13.1. The third-order valence-electron chi connectivity index (χ3n) is 6.97. The van der Waals surface area contributed by atoms with E-state index < -0.39 is 42.9 Å². The highest BCUT2D eigenvalue weighted by Crippen LogP contribution is 2.39. The van der Waals surface area contributed by atoms with Gasteiger partial charge in [0.2, 0.25) is 0 Å². The smallest absolute Gasteiger partial charge is 0.163 e. The molecule has 0 amide bonds. The average molecular weight is 563 g/mol. The minimum atomic E-state index is -1.39. The van der Waals surface area contributed by atoms with Crippen LogP contribution in [0.4, 0.5) is 4.39 Å². The minimum Gasteiger partial charge on any atom is -0.394 e. The largest absolute Gasteiger partial charge is 0.394 e. The summed E-state index contributed by atoms with van der Waals surface area (Å²) < 4.78 is 24.0. The van der Waals surface area contributed by atoms with E-state index in [2.05, 4.69) is 25.4 Å². The van der Waals surface area contributed by atoms with Crippen molar-refractivity contribution in [3.05, 3.63) is 70.6 Å². The molecule has 3 N–H and O–H groups in total. The Morgan fingerprint density at radius 3 is 2.77 bits per heavy atom. The average Bonchev–Trinajstić information content (AvgIpc) is 3.69. The maximum Gasteiger partial charge on any atom is 0.163 e. The fourth-order valence-corrected chi connectivity index (χ4v) is 5.88. The van der Waals surface area contributed by atoms with Crippen molar-refractivity contribution in [3.63, 3.8) is 0 Å². The van der Waals surface area contributed by atoms with Crippen molar-refractivity contribution in [1.29, 1.82) is 5.26 Å². The van der Waals surface area contributed by atoms with Gasteiger partial charge >= 0.3 is 0 Å². The Balaban J connectivity index is 1.37. The van der Waals surface area contributed by atoms with Crippen LogP contribution >= 0.6 is 11.3 Å². The summed E-state index contributed by atoms with van der Waals surface area (Å²) in [5.41, 5.74) is 2.72. The van der Waals surface area contributed by atoms with Gasteiger partial charge in [-0.15, -0.1) is 16.4 Å². The zero-order chi connectivity index (χ0) is 28.1. The molecule has 204 valence electrons. The number of aliphatic hydroxyl groups is 3. The molecule has 6 rings (SSSR count). The molecule has 1 aliphatic heterocycles. The second kappa shape index (κ2) is 10.1. The molecule has 5 aromatic rings. The van der Waals surface area contributed by atoms with Crippen molar-refractivity contribution >= 4 is 21.6 Å². The van der Waals surface area contributed by atoms with Crippen molar-refractivity contribution in [1.82, 2.24) is 34.7 Å². The fourth-order valence-electron chi connectivity index (χ4n) is 5.02. The first-order valence-electron chi connectivity index (χ1n) is 12.3. The van der Waals surface area contributed by atoms with Crippen LogP contribution in [0.25, 0.3) is 27.2 Å². The molecule has 3 aromatic heterocycles. The van der Waals surface area contributed by atoms with E-state index in [0.29, 0.717) is 16.8 Å². The number of nitrogens with zero attached hydrogens (tertiary/aromatic N) is 8. The standard InChI is InChI=1S/C26H23FN8O4S/c1-12-5-14(8-28)17(27)7-16(12)19-9-34(33-32-19)22-23(37)20(10-36)39-25(24(22)38)26-29-11-30-35(26)15-3-4-18-21(6-15)40-13(2)31-18/h3-7,9,11,20,22-25,36-38H,10H2,1-2H3/t20-,22+,23+,24-,25-/m1/s1. The molecule has 5 atom stereocenters. The van der Waals surface area contributed by atoms with Gasteiger partial charge in [0.05, 0.1) is 39.3 Å². The Bertz CT molecular complexity index is 1760. The molecular weight excluding hydrogens is 539 g/mol. The van der Waals surface area contributed by atoms with Gasteiger partial charge in [0.25, 0.3) is 0 Å². The maximum absolute atomic E-state index is 14.4. The molecule has 0 saturated carbocycles. The summed E-state index contributed by atoms with van der Waals surface area (Å²) >= 11 is 1.53. The van der Waals surface area contributed by atoms with Gasteiger partial charge in [-0.3, -0.25) is 0 Å². The van der Waals surface area contributed by atoms with E-state index in [1.54, 1.807) is 13.0 Å². The number of ether oxygens (including phenoxy) is 1. The third-order valence-corrected chi connectivity index (χ3v) is 7.90. The van der Waals surface area contributed by atoms with Gasteiger partial charge in [0, 0.05) is 5.56 Å². The molecule has 1 aliphatic rings. The summed E-state index contributed by atoms with van der Waals surface area (Å²) in [5, 5.41) is 55.1. The van der Waals surface area contributed by atoms with Gasteiger partial charge in [-0.1, -0.05) is 5.21 Å². The zero-order valence-electron chi connectivity index (χ0n) is 21.2. The second-order valence-electron chi connectivity index (χ2n) is 9.51. The van der Waals surface area contributed by atoms with E-state index in [1.165, 1.54) is 45.4 Å². The third kappa shape index (κ3) is 4.34. The lowest BCUT2D eigenvalue weighted by atomic mass is 9.92. The Hall–Kier alpha value is -4.13. The SMILES string of the molecule is Cc1nc2ccc(-n3ncnc3[C@@H]3O[C@H](CO)[C@H](O)[C@H](n4cc(-c5cc(F)c(C#N)cc5C)nn4)[C@H]3O)cc2s1. The highest BCUT2D eigenvalue weighted by molar-refractivity contribution is 7.18. The molecule has 4 heterocycles. The summed E-state index contributed by atoms with van der Waals surface area (Å²) in [5.74, 6) is -0.441. The van der Waals surface area contributed by atoms with E-state index in [4.69, 9.17) is 10.00 Å². The van der Waals surface area contributed by atoms with Crippen LogP contribution in [0.5, 0.6) is 0 Å². The Morgan fingerprint density at radius 2 is 2.00 bits per heavy atom. The summed E-state index contributed by atoms with van der Waals surface area (Å²) in [6, 6.07) is 8.92. The Labute approximate surface area is 230 Å². The van der Waals surface area contributed by atoms with E-state index in [0.717, 1.165) is 15.2 Å². The van der Waals surface area contributed by atoms with Crippen molar-refractivity contribution in [2.75, 3.05) is 6.61 Å². The monoisotopic (exact) mass is 562 g/mol. The molecule has 1 saturated heterocycles. The lowest BCUT2D eigenvalue weighted by Crippen LogP contribution is -2.53. The number of hydrogen-bond donors (Lipinski definition) is 3. The van der Waals surface area contributed by atoms with Crippen LogP contribution in [-0.2, 0) is 4.74 Å². The van der Waals surface area contributed by atoms with Gasteiger partial charge < -0.3 is 20.1 Å². The number of aromatic nitrogens is 7. The van der Waals surface area contributed by atoms with Crippen molar-refractivity contribution in [2.45, 2.75) is 44.3 Å². The van der Waals surface area contributed by atoms with Crippen LogP contribution in [0.1, 0.15) is 34.1 Å². The van der Waals surface area contributed by atoms with Crippen LogP contribution in [0.2, 0.25) is 0 Å². The number of fused-ring (bicyclic) bond motifs is 1. The highest BCUT2D eigenvalue weighted by atomic mass is 32.1. The molecular formula is C26H23FN8O4S. The van der Waals surface area contributed by atoms with Gasteiger partial charge in [-0.2, -0.15) is 10.4 Å². The van der Waals surface area contributed by atoms with Crippen molar-refractivity contribution in [3.8, 4) is 23.0 Å². The molecule has 0 spiro atoms. The molecule has 0 unspecified atom stereocenters. The lowest BCUT2D eigenvalue weighted by molar-refractivity contribution is -0.210. The van der Waals surface area contributed by atoms with Crippen LogP contribution in [0.3, 0.4) is 0 Å². The molecule has 2 aromatic carbocycles. The van der Waals surface area contributed by atoms with Crippen LogP contribution in [0.15, 0.2) is 42.9 Å². The van der Waals surface area contributed by atoms with E-state index in [1.807, 2.05) is 25.1 Å². The molecule has 0 bridgehead atoms. The summed E-state index contributed by atoms with van der Waals surface area (Å²) in [6.07, 6.45) is -2.14. The predicted molar refractivity (Wildman–Crippen MR) is 140 cm³/mol. The normalized spacial score (nSPS) is 23.0. The number of hydrogen-bond acceptors (Lipinski definition) is 11. The number of benzene rings is 2. The van der Waals surface area contributed by atoms with Crippen molar-refractivity contribution < 1.29 is 24.4 Å². The van der Waals surface area contributed by atoms with Gasteiger partial charge in [0.15, 0.2) is 5.82 Å². The predicted octanol–water partition coefficient (Wildman–Crippen LogP) is 2.16.